The fourth-order valence-electron chi connectivity index (χ4n) is 0.486. The molecule has 0 saturated carbocycles. The van der Waals surface area contributed by atoms with E-state index in [-0.39, 0.29) is 0 Å². The summed E-state index contributed by atoms with van der Waals surface area (Å²) in [6, 6.07) is 2.09. The Labute approximate surface area is 56.3 Å². The van der Waals surface area contributed by atoms with Crippen LogP contribution in [0.3, 0.4) is 0 Å². The molecule has 0 N–H and O–H groups in total. The number of hydrogen-bond acceptors (Lipinski definition) is 1. The highest BCUT2D eigenvalue weighted by atomic mass is 14.2. The third kappa shape index (κ3) is 2.71. The summed E-state index contributed by atoms with van der Waals surface area (Å²) in [5, 5.41) is 8.46. The van der Waals surface area contributed by atoms with Crippen molar-refractivity contribution >= 4 is 0 Å². The van der Waals surface area contributed by atoms with Gasteiger partial charge in [-0.05, 0) is 12.0 Å². The van der Waals surface area contributed by atoms with Gasteiger partial charge in [-0.15, -0.1) is 0 Å². The maximum Gasteiger partial charge on any atom is 0.0949 e. The van der Waals surface area contributed by atoms with Crippen LogP contribution in [0.25, 0.3) is 0 Å². The first-order valence-electron chi connectivity index (χ1n) is 2.95. The Morgan fingerprint density at radius 1 is 1.67 bits per heavy atom. The van der Waals surface area contributed by atoms with Gasteiger partial charge in [-0.2, -0.15) is 5.26 Å². The summed E-state index contributed by atoms with van der Waals surface area (Å²) in [5.74, 6) is 0.313. The van der Waals surface area contributed by atoms with Crippen LogP contribution >= 0.6 is 0 Å². The van der Waals surface area contributed by atoms with E-state index < -0.39 is 0 Å². The highest BCUT2D eigenvalue weighted by Gasteiger charge is 1.97. The zero-order valence-corrected chi connectivity index (χ0v) is 5.89. The molecule has 0 saturated heterocycles. The van der Waals surface area contributed by atoms with Crippen LogP contribution in [-0.2, 0) is 0 Å². The lowest BCUT2D eigenvalue weighted by atomic mass is 10.1. The van der Waals surface area contributed by atoms with Gasteiger partial charge in [-0.3, -0.25) is 0 Å². The summed E-state index contributed by atoms with van der Waals surface area (Å²) in [4.78, 5) is 0. The normalized spacial score (nSPS) is 11.1. The van der Waals surface area contributed by atoms with E-state index in [0.717, 1.165) is 5.57 Å². The van der Waals surface area contributed by atoms with E-state index in [2.05, 4.69) is 12.6 Å². The SMILES string of the molecule is C=C/C=C(/C#N)C(C)C. The molecule has 0 aliphatic heterocycles. The molecule has 0 spiro atoms. The summed E-state index contributed by atoms with van der Waals surface area (Å²) in [7, 11) is 0. The van der Waals surface area contributed by atoms with Crippen LogP contribution in [0.15, 0.2) is 24.3 Å². The third-order valence-electron chi connectivity index (χ3n) is 1.05. The third-order valence-corrected chi connectivity index (χ3v) is 1.05. The van der Waals surface area contributed by atoms with E-state index in [0.29, 0.717) is 5.92 Å². The molecule has 0 heterocycles. The van der Waals surface area contributed by atoms with Gasteiger partial charge in [0.2, 0.25) is 0 Å². The van der Waals surface area contributed by atoms with Gasteiger partial charge in [-0.25, -0.2) is 0 Å². The number of nitriles is 1. The molecule has 1 nitrogen and oxygen atoms in total. The van der Waals surface area contributed by atoms with Crippen LogP contribution < -0.4 is 0 Å². The topological polar surface area (TPSA) is 23.8 Å². The summed E-state index contributed by atoms with van der Waals surface area (Å²) >= 11 is 0. The molecule has 0 bridgehead atoms. The largest absolute Gasteiger partial charge is 0.193 e. The van der Waals surface area contributed by atoms with E-state index in [4.69, 9.17) is 5.26 Å². The second kappa shape index (κ2) is 3.91. The lowest BCUT2D eigenvalue weighted by Crippen LogP contribution is -1.88. The molecule has 0 atom stereocenters. The molecule has 0 fully saturated rings. The lowest BCUT2D eigenvalue weighted by Gasteiger charge is -1.97. The number of hydrogen-bond donors (Lipinski definition) is 0. The molecule has 0 amide bonds. The summed E-state index contributed by atoms with van der Waals surface area (Å²) in [6.45, 7) is 7.47. The Morgan fingerprint density at radius 2 is 2.22 bits per heavy atom. The van der Waals surface area contributed by atoms with Crippen molar-refractivity contribution in [3.8, 4) is 6.07 Å². The van der Waals surface area contributed by atoms with Crippen LogP contribution in [0.5, 0.6) is 0 Å². The average Bonchev–Trinajstić information content (AvgIpc) is 1.82. The predicted octanol–water partition coefficient (Wildman–Crippen LogP) is 2.28. The lowest BCUT2D eigenvalue weighted by molar-refractivity contribution is 0.796. The van der Waals surface area contributed by atoms with Gasteiger partial charge in [0.05, 0.1) is 6.07 Å². The minimum atomic E-state index is 0.313. The van der Waals surface area contributed by atoms with Crippen LogP contribution in [0.1, 0.15) is 13.8 Å². The Kier molecular flexibility index (Phi) is 3.46. The Balaban J connectivity index is 4.19. The molecule has 0 radical (unpaired) electrons. The van der Waals surface area contributed by atoms with Crippen LogP contribution in [-0.4, -0.2) is 0 Å². The number of nitrogens with zero attached hydrogens (tertiary/aromatic N) is 1. The molecule has 0 unspecified atom stereocenters. The quantitative estimate of drug-likeness (QED) is 0.406. The molecule has 0 aliphatic carbocycles. The Hall–Kier alpha value is -1.03. The Bertz CT molecular complexity index is 158. The van der Waals surface area contributed by atoms with Crippen LogP contribution in [0.4, 0.5) is 0 Å². The van der Waals surface area contributed by atoms with Crippen LogP contribution in [0, 0.1) is 17.2 Å². The minimum Gasteiger partial charge on any atom is -0.193 e. The maximum absolute atomic E-state index is 8.46. The molecule has 0 aliphatic rings. The summed E-state index contributed by atoms with van der Waals surface area (Å²) in [5.41, 5.74) is 0.782. The molecule has 0 aromatic heterocycles. The fraction of sp³-hybridized carbons (Fsp3) is 0.375. The number of allylic oxidation sites excluding steroid dienone is 3. The fourth-order valence-corrected chi connectivity index (χ4v) is 0.486. The van der Waals surface area contributed by atoms with Gasteiger partial charge in [0.25, 0.3) is 0 Å². The van der Waals surface area contributed by atoms with Crippen molar-refractivity contribution in [3.05, 3.63) is 24.3 Å². The van der Waals surface area contributed by atoms with Gasteiger partial charge in [0.1, 0.15) is 0 Å². The molecule has 0 aromatic rings. The van der Waals surface area contributed by atoms with Gasteiger partial charge >= 0.3 is 0 Å². The average molecular weight is 121 g/mol. The molecule has 48 valence electrons. The highest BCUT2D eigenvalue weighted by Crippen LogP contribution is 2.06. The van der Waals surface area contributed by atoms with Crippen molar-refractivity contribution < 1.29 is 0 Å². The second-order valence-electron chi connectivity index (χ2n) is 2.12. The second-order valence-corrected chi connectivity index (χ2v) is 2.12. The summed E-state index contributed by atoms with van der Waals surface area (Å²) in [6.07, 6.45) is 3.38. The first-order valence-corrected chi connectivity index (χ1v) is 2.95. The first kappa shape index (κ1) is 7.97. The monoisotopic (exact) mass is 121 g/mol. The van der Waals surface area contributed by atoms with E-state index in [1.54, 1.807) is 12.2 Å². The zero-order valence-electron chi connectivity index (χ0n) is 5.89. The van der Waals surface area contributed by atoms with Crippen molar-refractivity contribution in [1.29, 1.82) is 5.26 Å². The van der Waals surface area contributed by atoms with Gasteiger partial charge in [0.15, 0.2) is 0 Å². The van der Waals surface area contributed by atoms with Gasteiger partial charge in [-0.1, -0.05) is 26.5 Å². The van der Waals surface area contributed by atoms with Crippen LogP contribution in [0.2, 0.25) is 0 Å². The van der Waals surface area contributed by atoms with Crippen molar-refractivity contribution in [1.82, 2.24) is 0 Å². The first-order chi connectivity index (χ1) is 4.22. The molecule has 0 rings (SSSR count). The van der Waals surface area contributed by atoms with E-state index in [1.807, 2.05) is 13.8 Å². The van der Waals surface area contributed by atoms with Crippen molar-refractivity contribution in [2.75, 3.05) is 0 Å². The Morgan fingerprint density at radius 3 is 2.33 bits per heavy atom. The van der Waals surface area contributed by atoms with Crippen molar-refractivity contribution in [2.45, 2.75) is 13.8 Å². The minimum absolute atomic E-state index is 0.313. The smallest absolute Gasteiger partial charge is 0.0949 e. The molecule has 1 heteroatoms. The number of rotatable bonds is 2. The zero-order chi connectivity index (χ0) is 7.28. The standard InChI is InChI=1S/C8H11N/c1-4-5-8(6-9)7(2)3/h4-5,7H,1H2,2-3H3/b8-5-. The van der Waals surface area contributed by atoms with Crippen molar-refractivity contribution in [2.24, 2.45) is 5.92 Å². The maximum atomic E-state index is 8.46. The highest BCUT2D eigenvalue weighted by molar-refractivity contribution is 5.26. The molecular weight excluding hydrogens is 110 g/mol. The molecule has 0 aromatic carbocycles. The van der Waals surface area contributed by atoms with E-state index in [1.165, 1.54) is 0 Å². The summed E-state index contributed by atoms with van der Waals surface area (Å²) < 4.78 is 0. The van der Waals surface area contributed by atoms with E-state index in [9.17, 15) is 0 Å². The van der Waals surface area contributed by atoms with Gasteiger partial charge < -0.3 is 0 Å². The van der Waals surface area contributed by atoms with E-state index >= 15 is 0 Å². The van der Waals surface area contributed by atoms with Gasteiger partial charge in [0, 0.05) is 5.57 Å². The predicted molar refractivity (Wildman–Crippen MR) is 38.7 cm³/mol. The molecular formula is C8H11N. The molecule has 9 heavy (non-hydrogen) atoms. The van der Waals surface area contributed by atoms with Crippen molar-refractivity contribution in [3.63, 3.8) is 0 Å².